The van der Waals surface area contributed by atoms with Gasteiger partial charge in [0.25, 0.3) is 0 Å². The van der Waals surface area contributed by atoms with Gasteiger partial charge in [0.05, 0.1) is 12.7 Å². The van der Waals surface area contributed by atoms with Crippen LogP contribution in [-0.2, 0) is 17.9 Å². The molecule has 1 aliphatic carbocycles. The molecule has 0 bridgehead atoms. The summed E-state index contributed by atoms with van der Waals surface area (Å²) in [6.07, 6.45) is 7.50. The number of hydrogen-bond acceptors (Lipinski definition) is 3. The molecule has 0 saturated heterocycles. The van der Waals surface area contributed by atoms with Gasteiger partial charge in [-0.3, -0.25) is 0 Å². The van der Waals surface area contributed by atoms with E-state index in [2.05, 4.69) is 10.6 Å². The summed E-state index contributed by atoms with van der Waals surface area (Å²) in [7, 11) is 0. The number of aliphatic hydroxyl groups is 1. The molecule has 3 N–H and O–H groups in total. The van der Waals surface area contributed by atoms with Crippen molar-refractivity contribution >= 4 is 6.03 Å². The van der Waals surface area contributed by atoms with Crippen LogP contribution in [0.4, 0.5) is 4.79 Å². The fourth-order valence-corrected chi connectivity index (χ4v) is 2.88. The molecule has 0 spiro atoms. The first-order chi connectivity index (χ1) is 11.3. The first-order valence-corrected chi connectivity index (χ1v) is 8.60. The van der Waals surface area contributed by atoms with E-state index in [0.29, 0.717) is 25.8 Å². The lowest BCUT2D eigenvalue weighted by molar-refractivity contribution is 0.0275. The topological polar surface area (TPSA) is 70.6 Å². The Kier molecular flexibility index (Phi) is 7.90. The van der Waals surface area contributed by atoms with E-state index in [1.165, 1.54) is 32.1 Å². The van der Waals surface area contributed by atoms with Gasteiger partial charge in [0.1, 0.15) is 0 Å². The second-order valence-corrected chi connectivity index (χ2v) is 6.02. The van der Waals surface area contributed by atoms with Crippen LogP contribution in [0.1, 0.15) is 49.7 Å². The summed E-state index contributed by atoms with van der Waals surface area (Å²) in [5, 5.41) is 14.9. The molecule has 23 heavy (non-hydrogen) atoms. The molecule has 2 rings (SSSR count). The molecule has 2 amide bonds. The number of nitrogens with one attached hydrogen (secondary N) is 2. The fourth-order valence-electron chi connectivity index (χ4n) is 2.88. The Morgan fingerprint density at radius 2 is 1.87 bits per heavy atom. The average molecular weight is 320 g/mol. The highest BCUT2D eigenvalue weighted by molar-refractivity contribution is 5.73. The summed E-state index contributed by atoms with van der Waals surface area (Å²) in [6.45, 7) is 1.72. The molecule has 0 radical (unpaired) electrons. The van der Waals surface area contributed by atoms with E-state index in [1.54, 1.807) is 0 Å². The number of urea groups is 1. The molecule has 5 nitrogen and oxygen atoms in total. The van der Waals surface area contributed by atoms with Gasteiger partial charge in [-0.25, -0.2) is 4.79 Å². The normalized spacial score (nSPS) is 15.3. The van der Waals surface area contributed by atoms with Crippen molar-refractivity contribution in [1.29, 1.82) is 0 Å². The average Bonchev–Trinajstić information content (AvgIpc) is 2.60. The van der Waals surface area contributed by atoms with Gasteiger partial charge in [0.2, 0.25) is 0 Å². The molecule has 1 aliphatic rings. The predicted octanol–water partition coefficient (Wildman–Crippen LogP) is 2.72. The van der Waals surface area contributed by atoms with Crippen LogP contribution in [0.3, 0.4) is 0 Å². The third-order valence-corrected chi connectivity index (χ3v) is 4.24. The minimum absolute atomic E-state index is 0.0159. The Balaban J connectivity index is 1.54. The lowest BCUT2D eigenvalue weighted by Gasteiger charge is -2.21. The van der Waals surface area contributed by atoms with E-state index in [0.717, 1.165) is 17.5 Å². The molecule has 1 aromatic rings. The van der Waals surface area contributed by atoms with Gasteiger partial charge < -0.3 is 20.5 Å². The fraction of sp³-hybridized carbons (Fsp3) is 0.611. The summed E-state index contributed by atoms with van der Waals surface area (Å²) in [5.74, 6) is 0. The molecule has 1 fully saturated rings. The van der Waals surface area contributed by atoms with Crippen molar-refractivity contribution in [2.24, 2.45) is 0 Å². The van der Waals surface area contributed by atoms with Gasteiger partial charge in [0, 0.05) is 19.7 Å². The Morgan fingerprint density at radius 3 is 2.61 bits per heavy atom. The number of hydrogen-bond donors (Lipinski definition) is 3. The minimum Gasteiger partial charge on any atom is -0.392 e. The van der Waals surface area contributed by atoms with Gasteiger partial charge in [-0.05, 0) is 30.4 Å². The van der Waals surface area contributed by atoms with E-state index in [1.807, 2.05) is 24.3 Å². The summed E-state index contributed by atoms with van der Waals surface area (Å²) in [4.78, 5) is 11.8. The minimum atomic E-state index is -0.185. The second-order valence-electron chi connectivity index (χ2n) is 6.02. The Labute approximate surface area is 138 Å². The first kappa shape index (κ1) is 17.8. The lowest BCUT2D eigenvalue weighted by Crippen LogP contribution is -2.36. The maximum absolute atomic E-state index is 11.8. The van der Waals surface area contributed by atoms with Gasteiger partial charge in [-0.15, -0.1) is 0 Å². The van der Waals surface area contributed by atoms with Crippen LogP contribution in [0.5, 0.6) is 0 Å². The second kappa shape index (κ2) is 10.2. The van der Waals surface area contributed by atoms with Crippen molar-refractivity contribution in [1.82, 2.24) is 10.6 Å². The van der Waals surface area contributed by atoms with E-state index < -0.39 is 0 Å². The van der Waals surface area contributed by atoms with E-state index >= 15 is 0 Å². The van der Waals surface area contributed by atoms with Gasteiger partial charge in [0.15, 0.2) is 0 Å². The van der Waals surface area contributed by atoms with Crippen molar-refractivity contribution in [3.63, 3.8) is 0 Å². The number of benzene rings is 1. The quantitative estimate of drug-likeness (QED) is 0.645. The van der Waals surface area contributed by atoms with Crippen molar-refractivity contribution in [2.45, 2.75) is 57.8 Å². The molecule has 0 aromatic heterocycles. The Bertz CT molecular complexity index is 473. The number of amides is 2. The van der Waals surface area contributed by atoms with Crippen LogP contribution in [0, 0.1) is 0 Å². The zero-order valence-corrected chi connectivity index (χ0v) is 13.7. The van der Waals surface area contributed by atoms with Crippen molar-refractivity contribution in [3.8, 4) is 0 Å². The van der Waals surface area contributed by atoms with Crippen LogP contribution >= 0.6 is 0 Å². The third kappa shape index (κ3) is 6.59. The zero-order chi connectivity index (χ0) is 16.3. The third-order valence-electron chi connectivity index (χ3n) is 4.24. The first-order valence-electron chi connectivity index (χ1n) is 8.60. The van der Waals surface area contributed by atoms with Crippen LogP contribution < -0.4 is 10.6 Å². The number of carbonyl (C=O) groups is 1. The van der Waals surface area contributed by atoms with Crippen LogP contribution in [-0.4, -0.2) is 30.4 Å². The molecular weight excluding hydrogens is 292 g/mol. The summed E-state index contributed by atoms with van der Waals surface area (Å²) in [6, 6.07) is 7.36. The predicted molar refractivity (Wildman–Crippen MR) is 90.0 cm³/mol. The monoisotopic (exact) mass is 320 g/mol. The number of aliphatic hydroxyl groups excluding tert-OH is 1. The molecular formula is C18H28N2O3. The summed E-state index contributed by atoms with van der Waals surface area (Å²) in [5.41, 5.74) is 1.78. The number of carbonyl (C=O) groups excluding carboxylic acids is 1. The van der Waals surface area contributed by atoms with E-state index in [9.17, 15) is 9.90 Å². The van der Waals surface area contributed by atoms with Gasteiger partial charge >= 0.3 is 6.03 Å². The molecule has 0 atom stereocenters. The summed E-state index contributed by atoms with van der Waals surface area (Å²) >= 11 is 0. The molecule has 1 aromatic carbocycles. The molecule has 5 heteroatoms. The molecule has 128 valence electrons. The van der Waals surface area contributed by atoms with Crippen LogP contribution in [0.15, 0.2) is 24.3 Å². The largest absolute Gasteiger partial charge is 0.392 e. The highest BCUT2D eigenvalue weighted by atomic mass is 16.5. The van der Waals surface area contributed by atoms with Gasteiger partial charge in [-0.1, -0.05) is 43.5 Å². The summed E-state index contributed by atoms with van der Waals surface area (Å²) < 4.78 is 5.82. The molecule has 1 saturated carbocycles. The van der Waals surface area contributed by atoms with Crippen molar-refractivity contribution < 1.29 is 14.6 Å². The lowest BCUT2D eigenvalue weighted by atomic mass is 9.98. The maximum atomic E-state index is 11.8. The molecule has 0 unspecified atom stereocenters. The standard InChI is InChI=1S/C18H28N2O3/c21-14-16-8-5-4-7-15(16)13-20-18(22)19-11-6-12-23-17-9-2-1-3-10-17/h4-5,7-8,17,21H,1-3,6,9-14H2,(H2,19,20,22). The Morgan fingerprint density at radius 1 is 1.13 bits per heavy atom. The Hall–Kier alpha value is -1.59. The van der Waals surface area contributed by atoms with Gasteiger partial charge in [-0.2, -0.15) is 0 Å². The number of ether oxygens (including phenoxy) is 1. The van der Waals surface area contributed by atoms with E-state index in [-0.39, 0.29) is 12.6 Å². The highest BCUT2D eigenvalue weighted by Gasteiger charge is 2.13. The van der Waals surface area contributed by atoms with Crippen LogP contribution in [0.25, 0.3) is 0 Å². The maximum Gasteiger partial charge on any atom is 0.315 e. The highest BCUT2D eigenvalue weighted by Crippen LogP contribution is 2.20. The van der Waals surface area contributed by atoms with Crippen molar-refractivity contribution in [2.75, 3.05) is 13.2 Å². The number of rotatable bonds is 8. The van der Waals surface area contributed by atoms with Crippen LogP contribution in [0.2, 0.25) is 0 Å². The molecule has 0 heterocycles. The zero-order valence-electron chi connectivity index (χ0n) is 13.7. The van der Waals surface area contributed by atoms with E-state index in [4.69, 9.17) is 4.74 Å². The SMILES string of the molecule is O=C(NCCCOC1CCCCC1)NCc1ccccc1CO. The molecule has 0 aliphatic heterocycles. The van der Waals surface area contributed by atoms with Crippen molar-refractivity contribution in [3.05, 3.63) is 35.4 Å². The smallest absolute Gasteiger partial charge is 0.315 e.